The fourth-order valence-electron chi connectivity index (χ4n) is 4.96. The zero-order valence-corrected chi connectivity index (χ0v) is 21.6. The van der Waals surface area contributed by atoms with E-state index in [1.165, 1.54) is 3.97 Å². The number of ether oxygens (including phenoxy) is 1. The molecule has 0 unspecified atom stereocenters. The van der Waals surface area contributed by atoms with Gasteiger partial charge in [-0.15, -0.1) is 0 Å². The monoisotopic (exact) mass is 514 g/mol. The number of anilines is 2. The van der Waals surface area contributed by atoms with E-state index in [1.54, 1.807) is 25.4 Å². The number of aromatic nitrogens is 1. The molecule has 0 spiro atoms. The van der Waals surface area contributed by atoms with Gasteiger partial charge in [-0.2, -0.15) is 0 Å². The van der Waals surface area contributed by atoms with E-state index in [9.17, 15) is 8.42 Å². The lowest BCUT2D eigenvalue weighted by Gasteiger charge is -2.29. The number of hydrogen-bond acceptors (Lipinski definition) is 7. The maximum Gasteiger partial charge on any atom is 0.290 e. The number of nitrogens with zero attached hydrogens (tertiary/aromatic N) is 3. The summed E-state index contributed by atoms with van der Waals surface area (Å²) in [7, 11) is -2.02. The van der Waals surface area contributed by atoms with Crippen LogP contribution in [0.1, 0.15) is 18.9 Å². The number of hydrogen-bond donors (Lipinski definition) is 2. The minimum atomic E-state index is -3.75. The molecule has 0 aliphatic carbocycles. The molecular weight excluding hydrogens is 480 g/mol. The summed E-state index contributed by atoms with van der Waals surface area (Å²) in [4.78, 5) is 13.2. The minimum absolute atomic E-state index is 0.189. The van der Waals surface area contributed by atoms with Crippen molar-refractivity contribution in [2.75, 3.05) is 56.2 Å². The second-order valence-electron chi connectivity index (χ2n) is 8.94. The molecular formula is C26H34N4O5S. The number of benzene rings is 2. The first kappa shape index (κ1) is 26.0. The van der Waals surface area contributed by atoms with Gasteiger partial charge in [0.2, 0.25) is 0 Å². The molecule has 0 radical (unpaired) electrons. The number of fused-ring (bicyclic) bond motifs is 1. The third kappa shape index (κ3) is 5.21. The second-order valence-corrected chi connectivity index (χ2v) is 10.8. The summed E-state index contributed by atoms with van der Waals surface area (Å²) in [6, 6.07) is 13.5. The molecule has 2 N–H and O–H groups in total. The molecule has 10 heteroatoms. The summed E-state index contributed by atoms with van der Waals surface area (Å²) in [5.74, 6) is 0. The summed E-state index contributed by atoms with van der Waals surface area (Å²) >= 11 is 0. The van der Waals surface area contributed by atoms with Gasteiger partial charge < -0.3 is 25.0 Å². The standard InChI is InChI=1S/C25H32N4O3S.CH2O2/c1-3-19-17-29(25-16-21(7-8-24(19)25)27-13-10-26-11-14-27)33(30,31)23-6-4-5-20(15-23)28-12-9-22(18-28)32-2;2-1-3/h4-8,15-17,22,26H,3,9-14,18H2,1-2H3;1H,(H,2,3)/t22-;/m0./s1. The van der Waals surface area contributed by atoms with Gasteiger partial charge in [-0.3, -0.25) is 4.79 Å². The number of carboxylic acid groups (broad SMARTS) is 1. The van der Waals surface area contributed by atoms with E-state index in [0.717, 1.165) is 80.0 Å². The molecule has 36 heavy (non-hydrogen) atoms. The SMILES string of the molecule is CCc1cn(S(=O)(=O)c2cccc(N3CC[C@H](OC)C3)c2)c2cc(N3CCNCC3)ccc12.O=CO. The molecule has 1 atom stereocenters. The molecule has 3 aromatic rings. The minimum Gasteiger partial charge on any atom is -0.483 e. The highest BCUT2D eigenvalue weighted by Crippen LogP contribution is 2.32. The highest BCUT2D eigenvalue weighted by atomic mass is 32.2. The van der Waals surface area contributed by atoms with Gasteiger partial charge in [0.05, 0.1) is 16.5 Å². The van der Waals surface area contributed by atoms with Crippen LogP contribution in [0.4, 0.5) is 11.4 Å². The van der Waals surface area contributed by atoms with Crippen molar-refractivity contribution in [2.45, 2.75) is 30.8 Å². The van der Waals surface area contributed by atoms with Crippen molar-refractivity contribution in [3.05, 3.63) is 54.2 Å². The largest absolute Gasteiger partial charge is 0.483 e. The number of rotatable bonds is 6. The van der Waals surface area contributed by atoms with Gasteiger partial charge in [0.25, 0.3) is 16.5 Å². The van der Waals surface area contributed by atoms with Crippen molar-refractivity contribution >= 4 is 38.8 Å². The van der Waals surface area contributed by atoms with Crippen LogP contribution in [0.15, 0.2) is 53.6 Å². The highest BCUT2D eigenvalue weighted by molar-refractivity contribution is 7.90. The van der Waals surface area contributed by atoms with Gasteiger partial charge in [0, 0.05) is 69.3 Å². The van der Waals surface area contributed by atoms with Gasteiger partial charge in [-0.25, -0.2) is 12.4 Å². The Labute approximate surface area is 212 Å². The van der Waals surface area contributed by atoms with Crippen LogP contribution in [0.25, 0.3) is 10.9 Å². The zero-order valence-electron chi connectivity index (χ0n) is 20.8. The van der Waals surface area contributed by atoms with Gasteiger partial charge in [-0.05, 0) is 48.7 Å². The van der Waals surface area contributed by atoms with E-state index in [4.69, 9.17) is 14.6 Å². The Bertz CT molecular complexity index is 1300. The lowest BCUT2D eigenvalue weighted by atomic mass is 10.1. The third-order valence-corrected chi connectivity index (χ3v) is 8.59. The fraction of sp³-hybridized carbons (Fsp3) is 0.423. The van der Waals surface area contributed by atoms with Gasteiger partial charge in [0.15, 0.2) is 0 Å². The van der Waals surface area contributed by atoms with Crippen LogP contribution in [0.5, 0.6) is 0 Å². The first-order chi connectivity index (χ1) is 17.4. The Balaban J connectivity index is 0.000000967. The molecule has 0 amide bonds. The summed E-state index contributed by atoms with van der Waals surface area (Å²) in [5.41, 5.74) is 3.77. The Morgan fingerprint density at radius 2 is 1.81 bits per heavy atom. The Morgan fingerprint density at radius 3 is 2.47 bits per heavy atom. The fourth-order valence-corrected chi connectivity index (χ4v) is 6.39. The van der Waals surface area contributed by atoms with Crippen LogP contribution >= 0.6 is 0 Å². The summed E-state index contributed by atoms with van der Waals surface area (Å²) in [6.07, 6.45) is 3.71. The van der Waals surface area contributed by atoms with Crippen LogP contribution in [0, 0.1) is 0 Å². The van der Waals surface area contributed by atoms with E-state index in [-0.39, 0.29) is 12.6 Å². The number of methoxy groups -OCH3 is 1. The van der Waals surface area contributed by atoms with Crippen molar-refractivity contribution < 1.29 is 23.1 Å². The lowest BCUT2D eigenvalue weighted by Crippen LogP contribution is -2.43. The smallest absolute Gasteiger partial charge is 0.290 e. The van der Waals surface area contributed by atoms with Gasteiger partial charge in [-0.1, -0.05) is 19.1 Å². The van der Waals surface area contributed by atoms with Crippen LogP contribution in [-0.4, -0.2) is 76.5 Å². The van der Waals surface area contributed by atoms with Crippen molar-refractivity contribution in [3.8, 4) is 0 Å². The molecule has 5 rings (SSSR count). The Kier molecular flexibility index (Phi) is 8.17. The first-order valence-electron chi connectivity index (χ1n) is 12.2. The Hall–Kier alpha value is -3.08. The first-order valence-corrected chi connectivity index (χ1v) is 13.7. The van der Waals surface area contributed by atoms with E-state index in [0.29, 0.717) is 4.90 Å². The Morgan fingerprint density at radius 1 is 1.08 bits per heavy atom. The second kappa shape index (κ2) is 11.3. The summed E-state index contributed by atoms with van der Waals surface area (Å²) < 4.78 is 34.7. The molecule has 9 nitrogen and oxygen atoms in total. The quantitative estimate of drug-likeness (QED) is 0.484. The summed E-state index contributed by atoms with van der Waals surface area (Å²) in [5, 5.41) is 11.3. The van der Waals surface area contributed by atoms with Crippen LogP contribution < -0.4 is 15.1 Å². The highest BCUT2D eigenvalue weighted by Gasteiger charge is 2.26. The topological polar surface area (TPSA) is 104 Å². The average molecular weight is 515 g/mol. The molecule has 1 aromatic heterocycles. The van der Waals surface area contributed by atoms with E-state index < -0.39 is 10.0 Å². The summed E-state index contributed by atoms with van der Waals surface area (Å²) in [6.45, 7) is 7.16. The van der Waals surface area contributed by atoms with Gasteiger partial charge in [0.1, 0.15) is 0 Å². The molecule has 3 heterocycles. The van der Waals surface area contributed by atoms with Crippen molar-refractivity contribution in [1.29, 1.82) is 0 Å². The van der Waals surface area contributed by atoms with E-state index >= 15 is 0 Å². The molecule has 2 saturated heterocycles. The molecule has 2 fully saturated rings. The van der Waals surface area contributed by atoms with E-state index in [2.05, 4.69) is 34.2 Å². The number of nitrogens with one attached hydrogen (secondary N) is 1. The maximum atomic E-state index is 13.8. The number of piperazine rings is 1. The zero-order chi connectivity index (χ0) is 25.7. The predicted molar refractivity (Wildman–Crippen MR) is 142 cm³/mol. The van der Waals surface area contributed by atoms with Crippen LogP contribution in [0.3, 0.4) is 0 Å². The maximum absolute atomic E-state index is 13.8. The van der Waals surface area contributed by atoms with Crippen molar-refractivity contribution in [3.63, 3.8) is 0 Å². The van der Waals surface area contributed by atoms with Gasteiger partial charge >= 0.3 is 0 Å². The molecule has 2 aliphatic heterocycles. The average Bonchev–Trinajstić information content (AvgIpc) is 3.55. The number of aryl methyl sites for hydroxylation is 1. The molecule has 194 valence electrons. The predicted octanol–water partition coefficient (Wildman–Crippen LogP) is 2.78. The molecule has 0 bridgehead atoms. The molecule has 0 saturated carbocycles. The molecule has 2 aromatic carbocycles. The van der Waals surface area contributed by atoms with Crippen LogP contribution in [-0.2, 0) is 26.0 Å². The van der Waals surface area contributed by atoms with Crippen molar-refractivity contribution in [2.24, 2.45) is 0 Å². The normalized spacial score (nSPS) is 18.2. The number of carbonyl (C=O) groups is 1. The van der Waals surface area contributed by atoms with Crippen molar-refractivity contribution in [1.82, 2.24) is 9.29 Å². The third-order valence-electron chi connectivity index (χ3n) is 6.92. The molecule has 2 aliphatic rings. The van der Waals surface area contributed by atoms with Crippen LogP contribution in [0.2, 0.25) is 0 Å². The lowest BCUT2D eigenvalue weighted by molar-refractivity contribution is -0.122. The van der Waals surface area contributed by atoms with E-state index in [1.807, 2.05) is 18.2 Å².